The summed E-state index contributed by atoms with van der Waals surface area (Å²) in [5, 5.41) is 0.641. The Kier molecular flexibility index (Phi) is 4.68. The van der Waals surface area contributed by atoms with Gasteiger partial charge in [-0.05, 0) is 31.2 Å². The first kappa shape index (κ1) is 14.9. The van der Waals surface area contributed by atoms with E-state index >= 15 is 0 Å². The predicted molar refractivity (Wildman–Crippen MR) is 76.6 cm³/mol. The van der Waals surface area contributed by atoms with Gasteiger partial charge < -0.3 is 4.90 Å². The lowest BCUT2D eigenvalue weighted by atomic mass is 10.2. The van der Waals surface area contributed by atoms with Crippen LogP contribution in [0, 0.1) is 5.82 Å². The van der Waals surface area contributed by atoms with Gasteiger partial charge in [-0.2, -0.15) is 0 Å². The molecule has 0 aliphatic rings. The Labute approximate surface area is 110 Å². The monoisotopic (exact) mass is 267 g/mol. The number of carbonyl (C=O) groups excluding carboxylic acids is 1. The largest absolute Gasteiger partial charge is 0.339 e. The van der Waals surface area contributed by atoms with Crippen molar-refractivity contribution in [2.24, 2.45) is 0 Å². The van der Waals surface area contributed by atoms with Crippen molar-refractivity contribution in [1.29, 1.82) is 0 Å². The maximum absolute atomic E-state index is 14.0. The lowest BCUT2D eigenvalue weighted by Gasteiger charge is -2.25. The molecule has 1 aromatic rings. The van der Waals surface area contributed by atoms with Gasteiger partial charge >= 0.3 is 0 Å². The Bertz CT molecular complexity index is 436. The molecule has 0 bridgehead atoms. The number of halogens is 1. The molecule has 1 amide bonds. The number of amides is 1. The van der Waals surface area contributed by atoms with E-state index < -0.39 is 8.07 Å². The SMILES string of the molecule is CCN(CC)C(=O)c1cccc(F)c1[Si](C)(C)C. The molecule has 1 rings (SSSR count). The molecular weight excluding hydrogens is 245 g/mol. The molecule has 0 saturated heterocycles. The summed E-state index contributed by atoms with van der Waals surface area (Å²) < 4.78 is 14.0. The van der Waals surface area contributed by atoms with E-state index in [-0.39, 0.29) is 11.7 Å². The molecule has 0 atom stereocenters. The minimum absolute atomic E-state index is 0.0584. The predicted octanol–water partition coefficient (Wildman–Crippen LogP) is 2.85. The average Bonchev–Trinajstić information content (AvgIpc) is 2.28. The molecule has 18 heavy (non-hydrogen) atoms. The second kappa shape index (κ2) is 5.65. The number of carbonyl (C=O) groups is 1. The fourth-order valence-electron chi connectivity index (χ4n) is 2.15. The summed E-state index contributed by atoms with van der Waals surface area (Å²) in [5.74, 6) is -0.302. The van der Waals surface area contributed by atoms with Gasteiger partial charge in [-0.15, -0.1) is 0 Å². The molecule has 0 spiro atoms. The van der Waals surface area contributed by atoms with Crippen molar-refractivity contribution in [2.45, 2.75) is 33.5 Å². The first-order valence-corrected chi connectivity index (χ1v) is 9.91. The average molecular weight is 267 g/mol. The maximum atomic E-state index is 14.0. The zero-order chi connectivity index (χ0) is 13.9. The molecule has 0 aliphatic heterocycles. The Balaban J connectivity index is 3.33. The van der Waals surface area contributed by atoms with Crippen LogP contribution in [0.15, 0.2) is 18.2 Å². The standard InChI is InChI=1S/C14H22FNOSi/c1-6-16(7-2)14(17)11-9-8-10-12(15)13(11)18(3,4)5/h8-10H,6-7H2,1-5H3. The van der Waals surface area contributed by atoms with Gasteiger partial charge in [0.25, 0.3) is 5.91 Å². The molecule has 0 unspecified atom stereocenters. The number of nitrogens with zero attached hydrogens (tertiary/aromatic N) is 1. The smallest absolute Gasteiger partial charge is 0.253 e. The first-order valence-electron chi connectivity index (χ1n) is 6.41. The molecule has 0 fully saturated rings. The van der Waals surface area contributed by atoms with Crippen LogP contribution in [0.5, 0.6) is 0 Å². The number of hydrogen-bond acceptors (Lipinski definition) is 1. The highest BCUT2D eigenvalue weighted by atomic mass is 28.3. The summed E-state index contributed by atoms with van der Waals surface area (Å²) in [6.45, 7) is 11.4. The van der Waals surface area contributed by atoms with E-state index in [0.717, 1.165) is 0 Å². The highest BCUT2D eigenvalue weighted by Gasteiger charge is 2.28. The van der Waals surface area contributed by atoms with Crippen LogP contribution in [0.4, 0.5) is 4.39 Å². The third-order valence-corrected chi connectivity index (χ3v) is 5.05. The van der Waals surface area contributed by atoms with Gasteiger partial charge in [-0.1, -0.05) is 25.7 Å². The highest BCUT2D eigenvalue weighted by Crippen LogP contribution is 2.13. The van der Waals surface area contributed by atoms with Crippen LogP contribution in [0.3, 0.4) is 0 Å². The molecule has 0 aromatic heterocycles. The second-order valence-corrected chi connectivity index (χ2v) is 10.4. The summed E-state index contributed by atoms with van der Waals surface area (Å²) in [7, 11) is -1.88. The van der Waals surface area contributed by atoms with Gasteiger partial charge in [-0.25, -0.2) is 4.39 Å². The molecule has 4 heteroatoms. The van der Waals surface area contributed by atoms with Gasteiger partial charge in [0.1, 0.15) is 5.82 Å². The topological polar surface area (TPSA) is 20.3 Å². The van der Waals surface area contributed by atoms with Crippen LogP contribution in [-0.4, -0.2) is 32.0 Å². The summed E-state index contributed by atoms with van der Waals surface area (Å²) in [4.78, 5) is 14.1. The molecule has 1 aromatic carbocycles. The van der Waals surface area contributed by atoms with Crippen molar-refractivity contribution in [1.82, 2.24) is 4.90 Å². The molecule has 0 heterocycles. The van der Waals surface area contributed by atoms with Gasteiger partial charge in [0.2, 0.25) is 0 Å². The van der Waals surface area contributed by atoms with Crippen molar-refractivity contribution in [3.05, 3.63) is 29.6 Å². The van der Waals surface area contributed by atoms with E-state index in [4.69, 9.17) is 0 Å². The van der Waals surface area contributed by atoms with Crippen LogP contribution in [-0.2, 0) is 0 Å². The van der Waals surface area contributed by atoms with E-state index in [9.17, 15) is 9.18 Å². The number of hydrogen-bond donors (Lipinski definition) is 0. The summed E-state index contributed by atoms with van der Waals surface area (Å²) >= 11 is 0. The van der Waals surface area contributed by atoms with Crippen molar-refractivity contribution < 1.29 is 9.18 Å². The molecule has 100 valence electrons. The molecule has 2 nitrogen and oxygen atoms in total. The van der Waals surface area contributed by atoms with Crippen LogP contribution in [0.25, 0.3) is 0 Å². The third kappa shape index (κ3) is 2.99. The van der Waals surface area contributed by atoms with Gasteiger partial charge in [-0.3, -0.25) is 4.79 Å². The zero-order valence-corrected chi connectivity index (χ0v) is 12.9. The van der Waals surface area contributed by atoms with Crippen molar-refractivity contribution >= 4 is 19.2 Å². The minimum atomic E-state index is -1.88. The van der Waals surface area contributed by atoms with E-state index in [1.807, 2.05) is 13.8 Å². The Hall–Kier alpha value is -1.16. The maximum Gasteiger partial charge on any atom is 0.253 e. The fourth-order valence-corrected chi connectivity index (χ4v) is 3.94. The highest BCUT2D eigenvalue weighted by molar-refractivity contribution is 6.89. The third-order valence-electron chi connectivity index (χ3n) is 3.04. The normalized spacial score (nSPS) is 11.4. The zero-order valence-electron chi connectivity index (χ0n) is 11.9. The van der Waals surface area contributed by atoms with Crippen molar-refractivity contribution in [3.63, 3.8) is 0 Å². The van der Waals surface area contributed by atoms with Crippen molar-refractivity contribution in [2.75, 3.05) is 13.1 Å². The van der Waals surface area contributed by atoms with E-state index in [1.54, 1.807) is 17.0 Å². The van der Waals surface area contributed by atoms with E-state index in [1.165, 1.54) is 6.07 Å². The van der Waals surface area contributed by atoms with E-state index in [2.05, 4.69) is 19.6 Å². The van der Waals surface area contributed by atoms with Gasteiger partial charge in [0, 0.05) is 18.7 Å². The molecular formula is C14H22FNOSi. The summed E-state index contributed by atoms with van der Waals surface area (Å²) in [6, 6.07) is 4.82. The second-order valence-electron chi connectivity index (χ2n) is 5.39. The number of rotatable bonds is 4. The Morgan fingerprint density at radius 1 is 1.22 bits per heavy atom. The van der Waals surface area contributed by atoms with Gasteiger partial charge in [0.15, 0.2) is 0 Å². The summed E-state index contributed by atoms with van der Waals surface area (Å²) in [5.41, 5.74) is 0.540. The number of benzene rings is 1. The van der Waals surface area contributed by atoms with Crippen molar-refractivity contribution in [3.8, 4) is 0 Å². The van der Waals surface area contributed by atoms with Crippen LogP contribution in [0.2, 0.25) is 19.6 Å². The first-order chi connectivity index (χ1) is 8.32. The minimum Gasteiger partial charge on any atom is -0.339 e. The van der Waals surface area contributed by atoms with Crippen LogP contribution in [0.1, 0.15) is 24.2 Å². The van der Waals surface area contributed by atoms with Gasteiger partial charge in [0.05, 0.1) is 8.07 Å². The Morgan fingerprint density at radius 2 is 1.78 bits per heavy atom. The molecule has 0 N–H and O–H groups in total. The fraction of sp³-hybridized carbons (Fsp3) is 0.500. The van der Waals surface area contributed by atoms with E-state index in [0.29, 0.717) is 23.8 Å². The molecule has 0 saturated carbocycles. The van der Waals surface area contributed by atoms with Crippen LogP contribution < -0.4 is 5.19 Å². The molecule has 0 radical (unpaired) electrons. The van der Waals surface area contributed by atoms with Crippen LogP contribution >= 0.6 is 0 Å². The lowest BCUT2D eigenvalue weighted by Crippen LogP contribution is -2.46. The quantitative estimate of drug-likeness (QED) is 0.768. The Morgan fingerprint density at radius 3 is 2.22 bits per heavy atom. The molecule has 0 aliphatic carbocycles. The lowest BCUT2D eigenvalue weighted by molar-refractivity contribution is 0.0774. The summed E-state index contributed by atoms with van der Waals surface area (Å²) in [6.07, 6.45) is 0.